The molecule has 390 valence electrons. The molecule has 6 nitrogen and oxygen atoms in total. The van der Waals surface area contributed by atoms with Crippen LogP contribution in [0.2, 0.25) is 0 Å². The number of rotatable bonds is 53. The molecule has 0 aliphatic rings. The van der Waals surface area contributed by atoms with Gasteiger partial charge in [0.05, 0.1) is 25.4 Å². The standard InChI is InChI=1S/C61H111NO5/c1-3-5-7-9-11-13-14-15-16-29-32-35-39-43-47-51-55-61(66)67-56-52-48-44-40-36-33-30-27-25-23-21-19-17-18-20-22-24-26-28-31-34-38-42-46-50-54-60(65)62-58(57-63)59(64)53-49-45-41-37-12-10-8-6-4-2/h13-14,16,18-21,29,49,53,58-59,63-64H,3-12,15,17,22-28,30-48,50-52,54-57H2,1-2H3,(H,62,65)/b14-13-,20-18-,21-19-,29-16-,53-49+. The minimum atomic E-state index is -0.847. The Morgan fingerprint density at radius 2 is 0.746 bits per heavy atom. The number of allylic oxidation sites excluding steroid dienone is 9. The minimum Gasteiger partial charge on any atom is -0.466 e. The lowest BCUT2D eigenvalue weighted by molar-refractivity contribution is -0.143. The molecular weight excluding hydrogens is 827 g/mol. The van der Waals surface area contributed by atoms with Crippen LogP contribution >= 0.6 is 0 Å². The van der Waals surface area contributed by atoms with Crippen molar-refractivity contribution < 1.29 is 24.5 Å². The quantitative estimate of drug-likeness (QED) is 0.0321. The Hall–Kier alpha value is -2.44. The Morgan fingerprint density at radius 1 is 0.418 bits per heavy atom. The van der Waals surface area contributed by atoms with Gasteiger partial charge < -0.3 is 20.3 Å². The summed E-state index contributed by atoms with van der Waals surface area (Å²) in [6.07, 6.45) is 72.6. The number of aliphatic hydroxyl groups excluding tert-OH is 2. The summed E-state index contributed by atoms with van der Waals surface area (Å²) in [5.41, 5.74) is 0. The molecule has 0 aromatic rings. The molecule has 0 fully saturated rings. The zero-order valence-corrected chi connectivity index (χ0v) is 44.4. The summed E-state index contributed by atoms with van der Waals surface area (Å²) in [5, 5.41) is 22.9. The molecule has 2 unspecified atom stereocenters. The molecule has 0 aliphatic carbocycles. The van der Waals surface area contributed by atoms with E-state index in [0.29, 0.717) is 19.4 Å². The van der Waals surface area contributed by atoms with Crippen molar-refractivity contribution in [2.24, 2.45) is 0 Å². The molecule has 0 saturated carbocycles. The highest BCUT2D eigenvalue weighted by molar-refractivity contribution is 5.76. The second-order valence-corrected chi connectivity index (χ2v) is 19.6. The number of nitrogens with one attached hydrogen (secondary N) is 1. The van der Waals surface area contributed by atoms with Crippen molar-refractivity contribution >= 4 is 11.9 Å². The van der Waals surface area contributed by atoms with Gasteiger partial charge in [0.25, 0.3) is 0 Å². The second-order valence-electron chi connectivity index (χ2n) is 19.6. The fourth-order valence-corrected chi connectivity index (χ4v) is 8.52. The van der Waals surface area contributed by atoms with Crippen LogP contribution in [0.4, 0.5) is 0 Å². The van der Waals surface area contributed by atoms with Crippen LogP contribution < -0.4 is 5.32 Å². The molecule has 0 bridgehead atoms. The SMILES string of the molecule is CCCCCC/C=C\C/C=C\CCCCCCCC(=O)OCCCCCCCCCCC/C=C\C/C=C\CCCCCCCCCCCC(=O)NC(CO)C(O)/C=C/CCCCCCCCC. The van der Waals surface area contributed by atoms with Gasteiger partial charge in [-0.15, -0.1) is 0 Å². The van der Waals surface area contributed by atoms with Gasteiger partial charge in [-0.2, -0.15) is 0 Å². The van der Waals surface area contributed by atoms with Crippen LogP contribution in [0.25, 0.3) is 0 Å². The molecule has 0 aromatic heterocycles. The summed E-state index contributed by atoms with van der Waals surface area (Å²) < 4.78 is 5.47. The molecule has 2 atom stereocenters. The van der Waals surface area contributed by atoms with Crippen LogP contribution in [0.1, 0.15) is 290 Å². The first-order valence-corrected chi connectivity index (χ1v) is 29.1. The first-order chi connectivity index (χ1) is 33.0. The molecule has 6 heteroatoms. The number of carbonyl (C=O) groups excluding carboxylic acids is 2. The molecule has 0 heterocycles. The van der Waals surface area contributed by atoms with Crippen LogP contribution in [0.3, 0.4) is 0 Å². The second kappa shape index (κ2) is 56.2. The Labute approximate surface area is 416 Å². The topological polar surface area (TPSA) is 95.9 Å². The number of ether oxygens (including phenoxy) is 1. The molecule has 0 radical (unpaired) electrons. The van der Waals surface area contributed by atoms with E-state index in [4.69, 9.17) is 4.74 Å². The molecule has 0 aliphatic heterocycles. The van der Waals surface area contributed by atoms with Crippen molar-refractivity contribution in [3.8, 4) is 0 Å². The van der Waals surface area contributed by atoms with Gasteiger partial charge in [-0.25, -0.2) is 0 Å². The van der Waals surface area contributed by atoms with Crippen LogP contribution in [-0.4, -0.2) is 47.4 Å². The van der Waals surface area contributed by atoms with Crippen LogP contribution in [0.5, 0.6) is 0 Å². The maximum absolute atomic E-state index is 12.4. The average molecular weight is 939 g/mol. The third-order valence-corrected chi connectivity index (χ3v) is 13.0. The number of carbonyl (C=O) groups is 2. The van der Waals surface area contributed by atoms with Crippen molar-refractivity contribution in [1.82, 2.24) is 5.32 Å². The van der Waals surface area contributed by atoms with E-state index >= 15 is 0 Å². The lowest BCUT2D eigenvalue weighted by atomic mass is 10.0. The number of hydrogen-bond donors (Lipinski definition) is 3. The van der Waals surface area contributed by atoms with E-state index < -0.39 is 12.1 Å². The number of esters is 1. The van der Waals surface area contributed by atoms with E-state index in [-0.39, 0.29) is 18.5 Å². The lowest BCUT2D eigenvalue weighted by Gasteiger charge is -2.20. The highest BCUT2D eigenvalue weighted by Gasteiger charge is 2.18. The van der Waals surface area contributed by atoms with E-state index in [1.807, 2.05) is 6.08 Å². The van der Waals surface area contributed by atoms with Gasteiger partial charge in [-0.1, -0.05) is 242 Å². The van der Waals surface area contributed by atoms with Crippen LogP contribution in [0.15, 0.2) is 60.8 Å². The minimum absolute atomic E-state index is 0.00592. The zero-order valence-electron chi connectivity index (χ0n) is 44.4. The number of aliphatic hydroxyl groups is 2. The molecule has 0 aromatic carbocycles. The Bertz CT molecular complexity index is 1170. The fourth-order valence-electron chi connectivity index (χ4n) is 8.52. The Balaban J connectivity index is 3.44. The van der Waals surface area contributed by atoms with Crippen LogP contribution in [0, 0.1) is 0 Å². The highest BCUT2D eigenvalue weighted by atomic mass is 16.5. The van der Waals surface area contributed by atoms with E-state index in [0.717, 1.165) is 64.2 Å². The zero-order chi connectivity index (χ0) is 48.6. The van der Waals surface area contributed by atoms with Crippen molar-refractivity contribution in [2.75, 3.05) is 13.2 Å². The predicted molar refractivity (Wildman–Crippen MR) is 292 cm³/mol. The van der Waals surface area contributed by atoms with Gasteiger partial charge >= 0.3 is 5.97 Å². The first-order valence-electron chi connectivity index (χ1n) is 29.1. The van der Waals surface area contributed by atoms with Gasteiger partial charge in [0, 0.05) is 12.8 Å². The normalized spacial score (nSPS) is 13.1. The van der Waals surface area contributed by atoms with Crippen molar-refractivity contribution in [1.29, 1.82) is 0 Å². The van der Waals surface area contributed by atoms with Gasteiger partial charge in [0.15, 0.2) is 0 Å². The smallest absolute Gasteiger partial charge is 0.305 e. The Morgan fingerprint density at radius 3 is 1.15 bits per heavy atom. The fraction of sp³-hybridized carbons (Fsp3) is 0.803. The molecule has 67 heavy (non-hydrogen) atoms. The predicted octanol–water partition coefficient (Wildman–Crippen LogP) is 18.0. The highest BCUT2D eigenvalue weighted by Crippen LogP contribution is 2.15. The Kier molecular flexibility index (Phi) is 54.1. The van der Waals surface area contributed by atoms with Crippen molar-refractivity contribution in [2.45, 2.75) is 302 Å². The first kappa shape index (κ1) is 64.6. The van der Waals surface area contributed by atoms with E-state index in [2.05, 4.69) is 67.8 Å². The molecule has 0 rings (SSSR count). The van der Waals surface area contributed by atoms with E-state index in [9.17, 15) is 19.8 Å². The van der Waals surface area contributed by atoms with E-state index in [1.54, 1.807) is 6.08 Å². The monoisotopic (exact) mass is 938 g/mol. The average Bonchev–Trinajstić information content (AvgIpc) is 3.33. The summed E-state index contributed by atoms with van der Waals surface area (Å²) in [4.78, 5) is 24.4. The summed E-state index contributed by atoms with van der Waals surface area (Å²) in [6.45, 7) is 4.84. The maximum atomic E-state index is 12.4. The number of amides is 1. The molecular formula is C61H111NO5. The third-order valence-electron chi connectivity index (χ3n) is 13.0. The van der Waals surface area contributed by atoms with Gasteiger partial charge in [-0.05, 0) is 96.3 Å². The van der Waals surface area contributed by atoms with E-state index in [1.165, 1.54) is 199 Å². The summed E-state index contributed by atoms with van der Waals surface area (Å²) in [6, 6.07) is -0.631. The molecule has 0 spiro atoms. The molecule has 3 N–H and O–H groups in total. The van der Waals surface area contributed by atoms with Gasteiger partial charge in [0.2, 0.25) is 5.91 Å². The van der Waals surface area contributed by atoms with Gasteiger partial charge in [0.1, 0.15) is 0 Å². The third kappa shape index (κ3) is 52.8. The lowest BCUT2D eigenvalue weighted by Crippen LogP contribution is -2.45. The number of unbranched alkanes of at least 4 members (excludes halogenated alkanes) is 34. The summed E-state index contributed by atoms with van der Waals surface area (Å²) >= 11 is 0. The number of hydrogen-bond acceptors (Lipinski definition) is 5. The van der Waals surface area contributed by atoms with Gasteiger partial charge in [-0.3, -0.25) is 9.59 Å². The van der Waals surface area contributed by atoms with Crippen molar-refractivity contribution in [3.05, 3.63) is 60.8 Å². The van der Waals surface area contributed by atoms with Crippen LogP contribution in [-0.2, 0) is 14.3 Å². The molecule has 1 amide bonds. The summed E-state index contributed by atoms with van der Waals surface area (Å²) in [7, 11) is 0. The summed E-state index contributed by atoms with van der Waals surface area (Å²) in [5.74, 6) is -0.0840. The maximum Gasteiger partial charge on any atom is 0.305 e. The largest absolute Gasteiger partial charge is 0.466 e. The van der Waals surface area contributed by atoms with Crippen molar-refractivity contribution in [3.63, 3.8) is 0 Å². The molecule has 0 saturated heterocycles.